The molecule has 0 aliphatic heterocycles. The molecule has 3 aromatic rings. The number of carboxylic acids is 1. The highest BCUT2D eigenvalue weighted by Crippen LogP contribution is 2.26. The van der Waals surface area contributed by atoms with Crippen molar-refractivity contribution in [2.75, 3.05) is 14.1 Å². The molecule has 0 saturated carbocycles. The fraction of sp³-hybridized carbons (Fsp3) is 0.200. The van der Waals surface area contributed by atoms with Gasteiger partial charge in [-0.15, -0.1) is 0 Å². The number of carbonyl (C=O) groups excluding carboxylic acids is 2. The first-order valence-corrected chi connectivity index (χ1v) is 10.1. The number of nitrogens with one attached hydrogen (secondary N) is 1. The first-order valence-electron chi connectivity index (χ1n) is 10.1. The van der Waals surface area contributed by atoms with Crippen LogP contribution < -0.4 is 5.32 Å². The minimum atomic E-state index is -1.01. The fourth-order valence-electron chi connectivity index (χ4n) is 3.51. The van der Waals surface area contributed by atoms with Crippen LogP contribution in [0, 0.1) is 6.92 Å². The maximum absolute atomic E-state index is 13.0. The molecule has 1 aromatic heterocycles. The van der Waals surface area contributed by atoms with E-state index >= 15 is 0 Å². The van der Waals surface area contributed by atoms with Crippen LogP contribution in [0.1, 0.15) is 44.3 Å². The Morgan fingerprint density at radius 2 is 1.72 bits per heavy atom. The van der Waals surface area contributed by atoms with Crippen molar-refractivity contribution >= 4 is 17.8 Å². The number of nitrogens with zero attached hydrogens (tertiary/aromatic N) is 2. The minimum absolute atomic E-state index is 0.156. The van der Waals surface area contributed by atoms with Crippen molar-refractivity contribution in [3.63, 3.8) is 0 Å². The van der Waals surface area contributed by atoms with Crippen LogP contribution in [-0.2, 0) is 4.79 Å². The Kier molecular flexibility index (Phi) is 7.00. The lowest BCUT2D eigenvalue weighted by atomic mass is 9.97. The number of hydrogen-bond donors (Lipinski definition) is 2. The van der Waals surface area contributed by atoms with E-state index in [-0.39, 0.29) is 17.9 Å². The van der Waals surface area contributed by atoms with Gasteiger partial charge in [-0.2, -0.15) is 0 Å². The van der Waals surface area contributed by atoms with E-state index in [1.807, 2.05) is 31.2 Å². The molecular weight excluding hydrogens is 406 g/mol. The second-order valence-corrected chi connectivity index (χ2v) is 7.69. The molecule has 3 rings (SSSR count). The van der Waals surface area contributed by atoms with Gasteiger partial charge in [0.1, 0.15) is 0 Å². The average Bonchev–Trinajstić information content (AvgIpc) is 2.78. The van der Waals surface area contributed by atoms with Gasteiger partial charge in [0.05, 0.1) is 18.0 Å². The highest BCUT2D eigenvalue weighted by molar-refractivity contribution is 6.01. The molecule has 0 aliphatic carbocycles. The lowest BCUT2D eigenvalue weighted by Crippen LogP contribution is -2.30. The number of carbonyl (C=O) groups is 3. The van der Waals surface area contributed by atoms with Gasteiger partial charge in [0.2, 0.25) is 0 Å². The normalized spacial score (nSPS) is 11.5. The topological polar surface area (TPSA) is 99.6 Å². The Balaban J connectivity index is 1.93. The molecule has 0 radical (unpaired) electrons. The van der Waals surface area contributed by atoms with E-state index < -0.39 is 17.9 Å². The molecule has 1 atom stereocenters. The van der Waals surface area contributed by atoms with Crippen molar-refractivity contribution in [2.45, 2.75) is 19.4 Å². The number of aromatic nitrogens is 1. The van der Waals surface area contributed by atoms with Crippen molar-refractivity contribution < 1.29 is 19.5 Å². The summed E-state index contributed by atoms with van der Waals surface area (Å²) >= 11 is 0. The molecule has 2 amide bonds. The van der Waals surface area contributed by atoms with Crippen molar-refractivity contribution in [3.05, 3.63) is 89.2 Å². The minimum Gasteiger partial charge on any atom is -0.481 e. The summed E-state index contributed by atoms with van der Waals surface area (Å²) < 4.78 is 0. The van der Waals surface area contributed by atoms with E-state index in [0.29, 0.717) is 16.7 Å². The molecule has 7 heteroatoms. The molecular formula is C25H25N3O4. The second-order valence-electron chi connectivity index (χ2n) is 7.69. The summed E-state index contributed by atoms with van der Waals surface area (Å²) in [4.78, 5) is 42.7. The molecule has 1 heterocycles. The van der Waals surface area contributed by atoms with Crippen LogP contribution >= 0.6 is 0 Å². The van der Waals surface area contributed by atoms with Crippen LogP contribution in [0.15, 0.2) is 67.0 Å². The van der Waals surface area contributed by atoms with E-state index in [2.05, 4.69) is 10.3 Å². The van der Waals surface area contributed by atoms with Crippen LogP contribution in [0.25, 0.3) is 11.1 Å². The third-order valence-electron chi connectivity index (χ3n) is 5.12. The summed E-state index contributed by atoms with van der Waals surface area (Å²) in [6.45, 7) is 1.87. The summed E-state index contributed by atoms with van der Waals surface area (Å²) in [6.07, 6.45) is 2.77. The Labute approximate surface area is 186 Å². The first kappa shape index (κ1) is 22.7. The van der Waals surface area contributed by atoms with Crippen LogP contribution in [0.2, 0.25) is 0 Å². The van der Waals surface area contributed by atoms with E-state index in [4.69, 9.17) is 0 Å². The fourth-order valence-corrected chi connectivity index (χ4v) is 3.51. The van der Waals surface area contributed by atoms with Gasteiger partial charge in [-0.1, -0.05) is 42.5 Å². The van der Waals surface area contributed by atoms with Gasteiger partial charge in [-0.3, -0.25) is 19.4 Å². The predicted octanol–water partition coefficient (Wildman–Crippen LogP) is 3.70. The maximum atomic E-state index is 13.0. The lowest BCUT2D eigenvalue weighted by molar-refractivity contribution is -0.137. The number of aliphatic carboxylic acids is 1. The van der Waals surface area contributed by atoms with Gasteiger partial charge < -0.3 is 15.3 Å². The number of aryl methyl sites for hydroxylation is 1. The Hall–Kier alpha value is -4.00. The quantitative estimate of drug-likeness (QED) is 0.594. The van der Waals surface area contributed by atoms with E-state index in [0.717, 1.165) is 11.1 Å². The van der Waals surface area contributed by atoms with Crippen LogP contribution in [0.5, 0.6) is 0 Å². The van der Waals surface area contributed by atoms with Gasteiger partial charge >= 0.3 is 5.97 Å². The van der Waals surface area contributed by atoms with Crippen molar-refractivity contribution in [1.82, 2.24) is 15.2 Å². The number of rotatable bonds is 7. The van der Waals surface area contributed by atoms with Crippen molar-refractivity contribution in [3.8, 4) is 11.1 Å². The van der Waals surface area contributed by atoms with Gasteiger partial charge in [0.15, 0.2) is 0 Å². The third-order valence-corrected chi connectivity index (χ3v) is 5.12. The molecule has 0 spiro atoms. The maximum Gasteiger partial charge on any atom is 0.305 e. The summed E-state index contributed by atoms with van der Waals surface area (Å²) in [5.41, 5.74) is 3.69. The molecule has 0 bridgehead atoms. The monoisotopic (exact) mass is 431 g/mol. The van der Waals surface area contributed by atoms with Gasteiger partial charge in [-0.25, -0.2) is 0 Å². The summed E-state index contributed by atoms with van der Waals surface area (Å²) in [6, 6.07) is 15.4. The molecule has 0 unspecified atom stereocenters. The number of amides is 2. The summed E-state index contributed by atoms with van der Waals surface area (Å²) in [5.74, 6) is -1.61. The largest absolute Gasteiger partial charge is 0.481 e. The van der Waals surface area contributed by atoms with E-state index in [9.17, 15) is 19.5 Å². The molecule has 0 saturated heterocycles. The van der Waals surface area contributed by atoms with Gasteiger partial charge in [0, 0.05) is 37.6 Å². The van der Waals surface area contributed by atoms with Gasteiger partial charge in [0.25, 0.3) is 11.8 Å². The standard InChI is InChI=1S/C25H25N3O4/c1-16-8-4-5-9-19(16)22(13-23(29)30)27-24(31)18-12-17(14-26-15-18)20-10-6-7-11-21(20)25(32)28(2)3/h4-12,14-15,22H,13H2,1-3H3,(H,27,31)(H,29,30)/t22-/m0/s1. The SMILES string of the molecule is Cc1ccccc1[C@H](CC(=O)O)NC(=O)c1cncc(-c2ccccc2C(=O)N(C)C)c1. The zero-order chi connectivity index (χ0) is 23.3. The van der Waals surface area contributed by atoms with Crippen molar-refractivity contribution in [2.24, 2.45) is 0 Å². The molecule has 2 N–H and O–H groups in total. The predicted molar refractivity (Wildman–Crippen MR) is 121 cm³/mol. The molecule has 0 aliphatic rings. The summed E-state index contributed by atoms with van der Waals surface area (Å²) in [7, 11) is 3.35. The average molecular weight is 431 g/mol. The Morgan fingerprint density at radius 1 is 1.03 bits per heavy atom. The third kappa shape index (κ3) is 5.18. The molecule has 7 nitrogen and oxygen atoms in total. The molecule has 2 aromatic carbocycles. The molecule has 0 fully saturated rings. The van der Waals surface area contributed by atoms with Crippen molar-refractivity contribution in [1.29, 1.82) is 0 Å². The lowest BCUT2D eigenvalue weighted by Gasteiger charge is -2.20. The van der Waals surface area contributed by atoms with Crippen LogP contribution in [-0.4, -0.2) is 46.9 Å². The number of carboxylic acid groups (broad SMARTS) is 1. The number of benzene rings is 2. The van der Waals surface area contributed by atoms with E-state index in [1.165, 1.54) is 11.1 Å². The number of pyridine rings is 1. The summed E-state index contributed by atoms with van der Waals surface area (Å²) in [5, 5.41) is 12.2. The first-order chi connectivity index (χ1) is 15.3. The highest BCUT2D eigenvalue weighted by Gasteiger charge is 2.21. The Morgan fingerprint density at radius 3 is 2.41 bits per heavy atom. The molecule has 32 heavy (non-hydrogen) atoms. The zero-order valence-corrected chi connectivity index (χ0v) is 18.2. The Bertz CT molecular complexity index is 1160. The van der Waals surface area contributed by atoms with Gasteiger partial charge in [-0.05, 0) is 35.7 Å². The second kappa shape index (κ2) is 9.87. The zero-order valence-electron chi connectivity index (χ0n) is 18.2. The molecule has 164 valence electrons. The number of hydrogen-bond acceptors (Lipinski definition) is 4. The van der Waals surface area contributed by atoms with E-state index in [1.54, 1.807) is 50.6 Å². The van der Waals surface area contributed by atoms with Crippen LogP contribution in [0.3, 0.4) is 0 Å². The highest BCUT2D eigenvalue weighted by atomic mass is 16.4. The smallest absolute Gasteiger partial charge is 0.305 e. The van der Waals surface area contributed by atoms with Crippen LogP contribution in [0.4, 0.5) is 0 Å².